The van der Waals surface area contributed by atoms with Crippen molar-refractivity contribution in [3.8, 4) is 0 Å². The minimum atomic E-state index is -5.58. The molecule has 1 amide bonds. The molecule has 2 aromatic rings. The summed E-state index contributed by atoms with van der Waals surface area (Å²) >= 11 is 0. The van der Waals surface area contributed by atoms with Crippen LogP contribution in [0.25, 0.3) is 0 Å². The monoisotopic (exact) mass is 566 g/mol. The number of alkyl halides is 6. The first kappa shape index (κ1) is 27.9. The van der Waals surface area contributed by atoms with Gasteiger partial charge in [0.15, 0.2) is 16.9 Å². The van der Waals surface area contributed by atoms with Gasteiger partial charge in [0.2, 0.25) is 5.91 Å². The molecule has 2 aromatic carbocycles. The Bertz CT molecular complexity index is 1220. The molecule has 6 nitrogen and oxygen atoms in total. The average Bonchev–Trinajstić information content (AvgIpc) is 3.21. The molecule has 1 unspecified atom stereocenters. The average molecular weight is 566 g/mol. The summed E-state index contributed by atoms with van der Waals surface area (Å²) in [4.78, 5) is 24.1. The fourth-order valence-electron chi connectivity index (χ4n) is 4.58. The summed E-state index contributed by atoms with van der Waals surface area (Å²) in [5.74, 6) is -5.29. The standard InChI is InChI=1S/C24H21F7N2O4S/c25-15-3-6-18(7-4-15)38(36)33-17(11-20(34)32-16-10-21(35)37-12-16)5-1-13-9-14(2-8-19(13)33)22(23(26,27)28)24(29,30)31/h2-4,6-9,16-17,22H,1,5,10-12H2,(H,32,34)/t16-,17-,38?/m0/s1. The van der Waals surface area contributed by atoms with Crippen LogP contribution in [0.2, 0.25) is 0 Å². The number of halogens is 7. The Morgan fingerprint density at radius 2 is 1.74 bits per heavy atom. The van der Waals surface area contributed by atoms with Crippen LogP contribution in [0.5, 0.6) is 0 Å². The van der Waals surface area contributed by atoms with E-state index in [4.69, 9.17) is 4.74 Å². The topological polar surface area (TPSA) is 75.7 Å². The zero-order valence-corrected chi connectivity index (χ0v) is 20.3. The number of nitrogens with one attached hydrogen (secondary N) is 1. The summed E-state index contributed by atoms with van der Waals surface area (Å²) in [7, 11) is -2.08. The van der Waals surface area contributed by atoms with Gasteiger partial charge in [-0.05, 0) is 54.3 Å². The molecule has 3 atom stereocenters. The fraction of sp³-hybridized carbons (Fsp3) is 0.417. The van der Waals surface area contributed by atoms with Gasteiger partial charge in [-0.3, -0.25) is 13.9 Å². The quantitative estimate of drug-likeness (QED) is 0.407. The number of anilines is 1. The third-order valence-electron chi connectivity index (χ3n) is 6.25. The van der Waals surface area contributed by atoms with Crippen LogP contribution in [-0.2, 0) is 31.7 Å². The Morgan fingerprint density at radius 1 is 1.08 bits per heavy atom. The van der Waals surface area contributed by atoms with Crippen LogP contribution >= 0.6 is 0 Å². The number of esters is 1. The molecule has 0 saturated carbocycles. The van der Waals surface area contributed by atoms with Crippen molar-refractivity contribution in [1.82, 2.24) is 5.32 Å². The van der Waals surface area contributed by atoms with Gasteiger partial charge in [-0.25, -0.2) is 8.60 Å². The van der Waals surface area contributed by atoms with Crippen molar-refractivity contribution in [2.24, 2.45) is 0 Å². The van der Waals surface area contributed by atoms with Crippen molar-refractivity contribution in [3.63, 3.8) is 0 Å². The molecule has 0 radical (unpaired) electrons. The van der Waals surface area contributed by atoms with Crippen LogP contribution < -0.4 is 9.62 Å². The van der Waals surface area contributed by atoms with E-state index in [0.717, 1.165) is 24.3 Å². The van der Waals surface area contributed by atoms with Gasteiger partial charge in [-0.15, -0.1) is 0 Å². The zero-order valence-electron chi connectivity index (χ0n) is 19.4. The normalized spacial score (nSPS) is 20.7. The van der Waals surface area contributed by atoms with Crippen molar-refractivity contribution in [1.29, 1.82) is 0 Å². The molecule has 38 heavy (non-hydrogen) atoms. The smallest absolute Gasteiger partial charge is 0.404 e. The van der Waals surface area contributed by atoms with E-state index in [1.54, 1.807) is 0 Å². The zero-order chi connectivity index (χ0) is 27.8. The van der Waals surface area contributed by atoms with E-state index in [1.165, 1.54) is 16.4 Å². The van der Waals surface area contributed by atoms with Gasteiger partial charge in [0, 0.05) is 6.42 Å². The molecule has 1 fully saturated rings. The maximum Gasteiger partial charge on any atom is 0.404 e. The van der Waals surface area contributed by atoms with Crippen molar-refractivity contribution in [3.05, 3.63) is 59.4 Å². The van der Waals surface area contributed by atoms with E-state index in [0.29, 0.717) is 6.07 Å². The lowest BCUT2D eigenvalue weighted by Crippen LogP contribution is -2.45. The predicted molar refractivity (Wildman–Crippen MR) is 121 cm³/mol. The molecule has 1 N–H and O–H groups in total. The summed E-state index contributed by atoms with van der Waals surface area (Å²) in [6, 6.07) is 5.77. The number of benzene rings is 2. The van der Waals surface area contributed by atoms with E-state index in [-0.39, 0.29) is 48.4 Å². The van der Waals surface area contributed by atoms with Gasteiger partial charge in [0.1, 0.15) is 12.4 Å². The van der Waals surface area contributed by atoms with Crippen molar-refractivity contribution in [2.45, 2.75) is 60.9 Å². The number of carbonyl (C=O) groups excluding carboxylic acids is 2. The van der Waals surface area contributed by atoms with Crippen molar-refractivity contribution >= 4 is 28.5 Å². The van der Waals surface area contributed by atoms with E-state index in [9.17, 15) is 44.5 Å². The molecular formula is C24H21F7N2O4S. The van der Waals surface area contributed by atoms with Crippen molar-refractivity contribution < 1.29 is 49.3 Å². The van der Waals surface area contributed by atoms with E-state index < -0.39 is 64.6 Å². The van der Waals surface area contributed by atoms with Gasteiger partial charge in [0.05, 0.1) is 29.1 Å². The highest BCUT2D eigenvalue weighted by Crippen LogP contribution is 2.48. The molecule has 14 heteroatoms. The lowest BCUT2D eigenvalue weighted by atomic mass is 9.90. The first-order valence-corrected chi connectivity index (χ1v) is 12.5. The number of rotatable bonds is 6. The maximum atomic E-state index is 13.5. The second-order valence-corrected chi connectivity index (χ2v) is 10.3. The van der Waals surface area contributed by atoms with Crippen LogP contribution in [0, 0.1) is 5.82 Å². The number of nitrogens with zero attached hydrogens (tertiary/aromatic N) is 1. The number of hydrogen-bond acceptors (Lipinski definition) is 4. The second kappa shape index (κ2) is 10.5. The SMILES string of the molecule is O=C(C[C@@H]1CCc2cc(C(C(F)(F)F)C(F)(F)F)ccc2N1S(=O)c1ccc(F)cc1)N[C@@H]1COC(=O)C1. The molecule has 206 valence electrons. The minimum Gasteiger partial charge on any atom is -0.463 e. The number of ether oxygens (including phenoxy) is 1. The molecule has 0 aromatic heterocycles. The van der Waals surface area contributed by atoms with Gasteiger partial charge in [-0.2, -0.15) is 26.3 Å². The molecule has 2 aliphatic heterocycles. The molecule has 4 rings (SSSR count). The first-order valence-electron chi connectivity index (χ1n) is 11.4. The number of cyclic esters (lactones) is 1. The van der Waals surface area contributed by atoms with Crippen LogP contribution in [0.4, 0.5) is 36.4 Å². The summed E-state index contributed by atoms with van der Waals surface area (Å²) < 4.78 is 113. The third-order valence-corrected chi connectivity index (χ3v) is 7.77. The lowest BCUT2D eigenvalue weighted by molar-refractivity contribution is -0.253. The van der Waals surface area contributed by atoms with Crippen LogP contribution in [0.15, 0.2) is 47.4 Å². The Kier molecular flexibility index (Phi) is 7.73. The highest BCUT2D eigenvalue weighted by Gasteiger charge is 2.57. The first-order chi connectivity index (χ1) is 17.7. The van der Waals surface area contributed by atoms with Gasteiger partial charge in [-0.1, -0.05) is 12.1 Å². The molecular weight excluding hydrogens is 545 g/mol. The Balaban J connectivity index is 1.67. The predicted octanol–water partition coefficient (Wildman–Crippen LogP) is 4.70. The maximum absolute atomic E-state index is 13.5. The largest absolute Gasteiger partial charge is 0.463 e. The molecule has 2 heterocycles. The van der Waals surface area contributed by atoms with E-state index in [1.807, 2.05) is 0 Å². The van der Waals surface area contributed by atoms with E-state index >= 15 is 0 Å². The Labute approximate surface area is 214 Å². The number of hydrogen-bond donors (Lipinski definition) is 1. The molecule has 0 bridgehead atoms. The van der Waals surface area contributed by atoms with Crippen molar-refractivity contribution in [2.75, 3.05) is 10.9 Å². The fourth-order valence-corrected chi connectivity index (χ4v) is 5.98. The minimum absolute atomic E-state index is 0.00828. The van der Waals surface area contributed by atoms with Gasteiger partial charge in [0.25, 0.3) is 0 Å². The number of aryl methyl sites for hydroxylation is 1. The number of amides is 1. The highest BCUT2D eigenvalue weighted by atomic mass is 32.2. The third kappa shape index (κ3) is 6.11. The molecule has 1 saturated heterocycles. The van der Waals surface area contributed by atoms with Crippen LogP contribution in [0.3, 0.4) is 0 Å². The Hall–Kier alpha value is -3.16. The Morgan fingerprint density at radius 3 is 2.32 bits per heavy atom. The summed E-state index contributed by atoms with van der Waals surface area (Å²) in [5.41, 5.74) is -0.802. The lowest BCUT2D eigenvalue weighted by Gasteiger charge is -2.38. The van der Waals surface area contributed by atoms with Crippen LogP contribution in [-0.4, -0.2) is 47.1 Å². The summed E-state index contributed by atoms with van der Waals surface area (Å²) in [6.07, 6.45) is -11.3. The molecule has 0 aliphatic carbocycles. The molecule has 0 spiro atoms. The number of fused-ring (bicyclic) bond motifs is 1. The summed E-state index contributed by atoms with van der Waals surface area (Å²) in [5, 5.41) is 2.63. The van der Waals surface area contributed by atoms with Crippen LogP contribution in [0.1, 0.15) is 36.3 Å². The molecule has 2 aliphatic rings. The van der Waals surface area contributed by atoms with Gasteiger partial charge >= 0.3 is 18.3 Å². The van der Waals surface area contributed by atoms with Gasteiger partial charge < -0.3 is 10.1 Å². The highest BCUT2D eigenvalue weighted by molar-refractivity contribution is 7.86. The number of carbonyl (C=O) groups is 2. The summed E-state index contributed by atoms with van der Waals surface area (Å²) in [6.45, 7) is -0.00828. The van der Waals surface area contributed by atoms with E-state index in [2.05, 4.69) is 5.32 Å². The second-order valence-electron chi connectivity index (χ2n) is 8.98.